The molecule has 1 aliphatic rings. The Kier molecular flexibility index (Phi) is 2.81. The molecule has 0 N–H and O–H groups in total. The second-order valence-electron chi connectivity index (χ2n) is 5.98. The summed E-state index contributed by atoms with van der Waals surface area (Å²) in [5, 5.41) is 0. The Morgan fingerprint density at radius 1 is 1.31 bits per heavy atom. The molecule has 3 atom stereocenters. The zero-order valence-corrected chi connectivity index (χ0v) is 10.3. The van der Waals surface area contributed by atoms with E-state index in [9.17, 15) is 0 Å². The first-order valence-electron chi connectivity index (χ1n) is 5.88. The fourth-order valence-corrected chi connectivity index (χ4v) is 3.08. The summed E-state index contributed by atoms with van der Waals surface area (Å²) in [5.41, 5.74) is 1.19. The topological polar surface area (TPSA) is 0 Å². The van der Waals surface area contributed by atoms with Gasteiger partial charge >= 0.3 is 0 Å². The highest BCUT2D eigenvalue weighted by Crippen LogP contribution is 2.65. The van der Waals surface area contributed by atoms with Crippen LogP contribution in [0.3, 0.4) is 0 Å². The quantitative estimate of drug-likeness (QED) is 0.603. The molecule has 0 saturated heterocycles. The van der Waals surface area contributed by atoms with Crippen molar-refractivity contribution in [3.05, 3.63) is 0 Å². The van der Waals surface area contributed by atoms with Crippen LogP contribution in [0.5, 0.6) is 0 Å². The van der Waals surface area contributed by atoms with Crippen molar-refractivity contribution in [3.63, 3.8) is 0 Å². The standard InChI is InChI=1S/C13H26/c1-7-11-9-13(11,8-2)10(3)12(4,5)6/h10-11H,7-9H2,1-6H3. The fraction of sp³-hybridized carbons (Fsp3) is 1.00. The van der Waals surface area contributed by atoms with E-state index >= 15 is 0 Å². The lowest BCUT2D eigenvalue weighted by molar-refractivity contribution is 0.139. The lowest BCUT2D eigenvalue weighted by Gasteiger charge is -2.35. The molecular formula is C13H26. The third-order valence-electron chi connectivity index (χ3n) is 4.59. The Morgan fingerprint density at radius 3 is 2.08 bits per heavy atom. The van der Waals surface area contributed by atoms with Crippen molar-refractivity contribution in [2.24, 2.45) is 22.7 Å². The van der Waals surface area contributed by atoms with Gasteiger partial charge in [-0.05, 0) is 35.5 Å². The first-order chi connectivity index (χ1) is 5.88. The van der Waals surface area contributed by atoms with Crippen molar-refractivity contribution in [1.29, 1.82) is 0 Å². The number of rotatable bonds is 3. The first kappa shape index (κ1) is 11.1. The van der Waals surface area contributed by atoms with Crippen molar-refractivity contribution in [1.82, 2.24) is 0 Å². The largest absolute Gasteiger partial charge is 0.0651 e. The predicted octanol–water partition coefficient (Wildman–Crippen LogP) is 4.49. The molecule has 1 fully saturated rings. The summed E-state index contributed by atoms with van der Waals surface area (Å²) in [6, 6.07) is 0. The van der Waals surface area contributed by atoms with Crippen molar-refractivity contribution in [2.45, 2.75) is 60.8 Å². The average Bonchev–Trinajstić information content (AvgIpc) is 2.76. The van der Waals surface area contributed by atoms with Crippen LogP contribution in [0.15, 0.2) is 0 Å². The van der Waals surface area contributed by atoms with Gasteiger partial charge in [0.15, 0.2) is 0 Å². The van der Waals surface area contributed by atoms with E-state index in [1.165, 1.54) is 19.3 Å². The second kappa shape index (κ2) is 3.29. The summed E-state index contributed by atoms with van der Waals surface area (Å²) in [6.07, 6.45) is 4.25. The monoisotopic (exact) mass is 182 g/mol. The van der Waals surface area contributed by atoms with Gasteiger partial charge in [-0.1, -0.05) is 48.0 Å². The predicted molar refractivity (Wildman–Crippen MR) is 59.7 cm³/mol. The maximum absolute atomic E-state index is 2.46. The van der Waals surface area contributed by atoms with Gasteiger partial charge in [0.25, 0.3) is 0 Å². The summed E-state index contributed by atoms with van der Waals surface area (Å²) in [4.78, 5) is 0. The maximum Gasteiger partial charge on any atom is -0.0238 e. The van der Waals surface area contributed by atoms with Crippen LogP contribution in [0.4, 0.5) is 0 Å². The Bertz CT molecular complexity index is 175. The van der Waals surface area contributed by atoms with E-state index in [2.05, 4.69) is 41.5 Å². The normalized spacial score (nSPS) is 36.0. The highest BCUT2D eigenvalue weighted by Gasteiger charge is 2.56. The van der Waals surface area contributed by atoms with Crippen molar-refractivity contribution in [3.8, 4) is 0 Å². The van der Waals surface area contributed by atoms with Crippen LogP contribution in [-0.2, 0) is 0 Å². The minimum atomic E-state index is 0.486. The van der Waals surface area contributed by atoms with Gasteiger partial charge in [-0.15, -0.1) is 0 Å². The second-order valence-corrected chi connectivity index (χ2v) is 5.98. The average molecular weight is 182 g/mol. The lowest BCUT2D eigenvalue weighted by atomic mass is 9.70. The van der Waals surface area contributed by atoms with E-state index < -0.39 is 0 Å². The van der Waals surface area contributed by atoms with Gasteiger partial charge in [0.2, 0.25) is 0 Å². The number of hydrogen-bond acceptors (Lipinski definition) is 0. The highest BCUT2D eigenvalue weighted by molar-refractivity contribution is 5.05. The molecule has 0 aromatic carbocycles. The van der Waals surface area contributed by atoms with Crippen LogP contribution < -0.4 is 0 Å². The Morgan fingerprint density at radius 2 is 1.85 bits per heavy atom. The van der Waals surface area contributed by atoms with Crippen molar-refractivity contribution in [2.75, 3.05) is 0 Å². The van der Waals surface area contributed by atoms with E-state index in [4.69, 9.17) is 0 Å². The lowest BCUT2D eigenvalue weighted by Crippen LogP contribution is -2.27. The summed E-state index contributed by atoms with van der Waals surface area (Å²) in [6.45, 7) is 14.3. The molecule has 1 aliphatic carbocycles. The summed E-state index contributed by atoms with van der Waals surface area (Å²) < 4.78 is 0. The number of hydrogen-bond donors (Lipinski definition) is 0. The molecular weight excluding hydrogens is 156 g/mol. The maximum atomic E-state index is 2.46. The molecule has 0 bridgehead atoms. The SMILES string of the molecule is CCC1CC1(CC)C(C)C(C)(C)C. The Labute approximate surface area is 84.1 Å². The Balaban J connectivity index is 2.70. The Hall–Kier alpha value is 0. The molecule has 3 unspecified atom stereocenters. The van der Waals surface area contributed by atoms with Gasteiger partial charge in [0.1, 0.15) is 0 Å². The van der Waals surface area contributed by atoms with E-state index in [0.717, 1.165) is 11.8 Å². The van der Waals surface area contributed by atoms with Gasteiger partial charge in [-0.2, -0.15) is 0 Å². The van der Waals surface area contributed by atoms with Crippen LogP contribution in [-0.4, -0.2) is 0 Å². The van der Waals surface area contributed by atoms with Gasteiger partial charge in [-0.3, -0.25) is 0 Å². The van der Waals surface area contributed by atoms with Crippen LogP contribution in [0.2, 0.25) is 0 Å². The van der Waals surface area contributed by atoms with Gasteiger partial charge < -0.3 is 0 Å². The van der Waals surface area contributed by atoms with Crippen molar-refractivity contribution >= 4 is 0 Å². The summed E-state index contributed by atoms with van der Waals surface area (Å²) in [7, 11) is 0. The van der Waals surface area contributed by atoms with Crippen LogP contribution in [0.1, 0.15) is 60.8 Å². The first-order valence-corrected chi connectivity index (χ1v) is 5.88. The third-order valence-corrected chi connectivity index (χ3v) is 4.59. The molecule has 0 aliphatic heterocycles. The minimum Gasteiger partial charge on any atom is -0.0651 e. The summed E-state index contributed by atoms with van der Waals surface area (Å²) in [5.74, 6) is 1.89. The van der Waals surface area contributed by atoms with Gasteiger partial charge in [0.05, 0.1) is 0 Å². The van der Waals surface area contributed by atoms with E-state index in [-0.39, 0.29) is 0 Å². The van der Waals surface area contributed by atoms with Gasteiger partial charge in [-0.25, -0.2) is 0 Å². The molecule has 0 amide bonds. The molecule has 13 heavy (non-hydrogen) atoms. The van der Waals surface area contributed by atoms with E-state index in [0.29, 0.717) is 10.8 Å². The molecule has 0 heterocycles. The molecule has 1 rings (SSSR count). The summed E-state index contributed by atoms with van der Waals surface area (Å²) >= 11 is 0. The minimum absolute atomic E-state index is 0.486. The van der Waals surface area contributed by atoms with Crippen LogP contribution >= 0.6 is 0 Å². The molecule has 0 nitrogen and oxygen atoms in total. The molecule has 78 valence electrons. The van der Waals surface area contributed by atoms with Crippen LogP contribution in [0.25, 0.3) is 0 Å². The molecule has 0 radical (unpaired) electrons. The zero-order valence-electron chi connectivity index (χ0n) is 10.3. The van der Waals surface area contributed by atoms with Crippen molar-refractivity contribution < 1.29 is 0 Å². The van der Waals surface area contributed by atoms with Crippen LogP contribution in [0, 0.1) is 22.7 Å². The fourth-order valence-electron chi connectivity index (χ4n) is 3.08. The zero-order chi connectivity index (χ0) is 10.3. The molecule has 0 spiro atoms. The smallest absolute Gasteiger partial charge is 0.0238 e. The molecule has 0 heteroatoms. The highest BCUT2D eigenvalue weighted by atomic mass is 14.6. The van der Waals surface area contributed by atoms with E-state index in [1.807, 2.05) is 0 Å². The van der Waals surface area contributed by atoms with Gasteiger partial charge in [0, 0.05) is 0 Å². The molecule has 0 aromatic heterocycles. The molecule has 1 saturated carbocycles. The molecule has 0 aromatic rings. The van der Waals surface area contributed by atoms with E-state index in [1.54, 1.807) is 0 Å². The third kappa shape index (κ3) is 1.78.